The molecular formula is C16H23N5. The molecule has 1 aliphatic rings. The minimum Gasteiger partial charge on any atom is -0.362 e. The first kappa shape index (κ1) is 14.1. The fourth-order valence-corrected chi connectivity index (χ4v) is 2.74. The second-order valence-corrected chi connectivity index (χ2v) is 5.99. The second-order valence-electron chi connectivity index (χ2n) is 5.99. The van der Waals surface area contributed by atoms with Gasteiger partial charge in [0.25, 0.3) is 0 Å². The summed E-state index contributed by atoms with van der Waals surface area (Å²) >= 11 is 0. The van der Waals surface area contributed by atoms with Gasteiger partial charge in [0.1, 0.15) is 5.82 Å². The van der Waals surface area contributed by atoms with Crippen LogP contribution in [0.5, 0.6) is 0 Å². The lowest BCUT2D eigenvalue weighted by Gasteiger charge is -2.31. The fourth-order valence-electron chi connectivity index (χ4n) is 2.74. The van der Waals surface area contributed by atoms with Crippen LogP contribution in [0.25, 0.3) is 0 Å². The Morgan fingerprint density at radius 1 is 1.29 bits per heavy atom. The molecule has 0 atom stereocenters. The Bertz CT molecular complexity index is 590. The number of aromatic nitrogens is 3. The maximum Gasteiger partial charge on any atom is 0.128 e. The maximum atomic E-state index is 4.44. The first-order valence-corrected chi connectivity index (χ1v) is 7.62. The van der Waals surface area contributed by atoms with Crippen molar-refractivity contribution in [3.8, 4) is 0 Å². The molecule has 3 heterocycles. The molecule has 5 heteroatoms. The van der Waals surface area contributed by atoms with E-state index in [1.54, 1.807) is 0 Å². The van der Waals surface area contributed by atoms with E-state index in [4.69, 9.17) is 0 Å². The van der Waals surface area contributed by atoms with Crippen molar-refractivity contribution in [1.82, 2.24) is 19.9 Å². The highest BCUT2D eigenvalue weighted by Gasteiger charge is 2.18. The van der Waals surface area contributed by atoms with Gasteiger partial charge in [-0.15, -0.1) is 0 Å². The second kappa shape index (κ2) is 6.26. The largest absolute Gasteiger partial charge is 0.362 e. The van der Waals surface area contributed by atoms with Gasteiger partial charge in [0.15, 0.2) is 0 Å². The first-order valence-electron chi connectivity index (χ1n) is 7.62. The van der Waals surface area contributed by atoms with Crippen LogP contribution < -0.4 is 10.2 Å². The Hall–Kier alpha value is -1.88. The van der Waals surface area contributed by atoms with E-state index in [1.807, 2.05) is 18.6 Å². The van der Waals surface area contributed by atoms with Crippen molar-refractivity contribution in [2.24, 2.45) is 5.92 Å². The Labute approximate surface area is 126 Å². The minimum atomic E-state index is 0.660. The van der Waals surface area contributed by atoms with Crippen LogP contribution in [0.1, 0.15) is 25.2 Å². The van der Waals surface area contributed by atoms with Crippen molar-refractivity contribution in [2.45, 2.75) is 33.5 Å². The van der Waals surface area contributed by atoms with Gasteiger partial charge in [-0.05, 0) is 18.5 Å². The number of fused-ring (bicyclic) bond motifs is 1. The highest BCUT2D eigenvalue weighted by Crippen LogP contribution is 2.23. The lowest BCUT2D eigenvalue weighted by Crippen LogP contribution is -2.34. The van der Waals surface area contributed by atoms with E-state index < -0.39 is 0 Å². The molecule has 0 amide bonds. The van der Waals surface area contributed by atoms with Crippen LogP contribution in [0.15, 0.2) is 30.9 Å². The Morgan fingerprint density at radius 2 is 2.19 bits per heavy atom. The Balaban J connectivity index is 1.73. The van der Waals surface area contributed by atoms with Crippen LogP contribution in [-0.4, -0.2) is 27.6 Å². The molecule has 21 heavy (non-hydrogen) atoms. The third-order valence-corrected chi connectivity index (χ3v) is 3.83. The van der Waals surface area contributed by atoms with Gasteiger partial charge in [-0.3, -0.25) is 4.98 Å². The molecule has 0 spiro atoms. The first-order chi connectivity index (χ1) is 10.2. The van der Waals surface area contributed by atoms with E-state index in [-0.39, 0.29) is 0 Å². The average molecular weight is 285 g/mol. The molecule has 0 aliphatic carbocycles. The molecule has 0 radical (unpaired) electrons. The summed E-state index contributed by atoms with van der Waals surface area (Å²) in [4.78, 5) is 11.1. The number of nitrogens with zero attached hydrogens (tertiary/aromatic N) is 4. The molecule has 0 bridgehead atoms. The third-order valence-electron chi connectivity index (χ3n) is 3.83. The van der Waals surface area contributed by atoms with Crippen LogP contribution in [-0.2, 0) is 19.6 Å². The lowest BCUT2D eigenvalue weighted by atomic mass is 10.1. The van der Waals surface area contributed by atoms with Crippen LogP contribution in [0.4, 0.5) is 5.69 Å². The van der Waals surface area contributed by atoms with Gasteiger partial charge in [0, 0.05) is 55.7 Å². The van der Waals surface area contributed by atoms with Crippen LogP contribution >= 0.6 is 0 Å². The topological polar surface area (TPSA) is 46.0 Å². The summed E-state index contributed by atoms with van der Waals surface area (Å²) in [5.74, 6) is 1.80. The number of hydrogen-bond acceptors (Lipinski definition) is 4. The van der Waals surface area contributed by atoms with Crippen LogP contribution in [0.2, 0.25) is 0 Å². The van der Waals surface area contributed by atoms with E-state index in [0.29, 0.717) is 5.92 Å². The third kappa shape index (κ3) is 3.24. The molecule has 0 saturated carbocycles. The lowest BCUT2D eigenvalue weighted by molar-refractivity contribution is 0.543. The van der Waals surface area contributed by atoms with Crippen LogP contribution in [0, 0.1) is 5.92 Å². The summed E-state index contributed by atoms with van der Waals surface area (Å²) in [6, 6.07) is 2.12. The number of pyridine rings is 1. The fraction of sp³-hybridized carbons (Fsp3) is 0.500. The van der Waals surface area contributed by atoms with Crippen LogP contribution in [0.3, 0.4) is 0 Å². The molecule has 1 N–H and O–H groups in total. The monoisotopic (exact) mass is 285 g/mol. The van der Waals surface area contributed by atoms with E-state index >= 15 is 0 Å². The molecule has 2 aromatic rings. The van der Waals surface area contributed by atoms with E-state index in [0.717, 1.165) is 38.5 Å². The van der Waals surface area contributed by atoms with Gasteiger partial charge in [0.2, 0.25) is 0 Å². The van der Waals surface area contributed by atoms with E-state index in [1.165, 1.54) is 11.3 Å². The normalized spacial score (nSPS) is 14.5. The summed E-state index contributed by atoms with van der Waals surface area (Å²) in [7, 11) is 0. The zero-order valence-corrected chi connectivity index (χ0v) is 12.8. The summed E-state index contributed by atoms with van der Waals surface area (Å²) in [5.41, 5.74) is 2.54. The van der Waals surface area contributed by atoms with E-state index in [9.17, 15) is 0 Å². The smallest absolute Gasteiger partial charge is 0.128 e. The van der Waals surface area contributed by atoms with E-state index in [2.05, 4.69) is 50.9 Å². The van der Waals surface area contributed by atoms with Gasteiger partial charge in [-0.25, -0.2) is 4.98 Å². The zero-order valence-electron chi connectivity index (χ0n) is 12.8. The quantitative estimate of drug-likeness (QED) is 0.913. The summed E-state index contributed by atoms with van der Waals surface area (Å²) < 4.78 is 2.23. The Morgan fingerprint density at radius 3 is 3.05 bits per heavy atom. The number of rotatable bonds is 5. The predicted octanol–water partition coefficient (Wildman–Crippen LogP) is 2.04. The molecule has 0 unspecified atom stereocenters. The van der Waals surface area contributed by atoms with Crippen molar-refractivity contribution < 1.29 is 0 Å². The van der Waals surface area contributed by atoms with Gasteiger partial charge < -0.3 is 14.8 Å². The molecule has 112 valence electrons. The number of nitrogens with one attached hydrogen (secondary N) is 1. The molecule has 0 aromatic carbocycles. The van der Waals surface area contributed by atoms with Gasteiger partial charge in [0.05, 0.1) is 6.54 Å². The zero-order chi connectivity index (χ0) is 14.7. The van der Waals surface area contributed by atoms with Gasteiger partial charge in [-0.2, -0.15) is 0 Å². The average Bonchev–Trinajstić information content (AvgIpc) is 2.95. The van der Waals surface area contributed by atoms with Crippen molar-refractivity contribution >= 4 is 5.69 Å². The standard InChI is InChI=1S/C16H23N5/c1-13(2)9-18-11-14-10-17-4-3-15(14)21-8-7-20-6-5-19-16(20)12-21/h3-6,10,13,18H,7-9,11-12H2,1-2H3. The summed E-state index contributed by atoms with van der Waals surface area (Å²) in [6.07, 6.45) is 7.80. The summed E-state index contributed by atoms with van der Waals surface area (Å²) in [6.45, 7) is 9.23. The predicted molar refractivity (Wildman–Crippen MR) is 84.1 cm³/mol. The molecule has 0 saturated heterocycles. The Kier molecular flexibility index (Phi) is 4.20. The van der Waals surface area contributed by atoms with Crippen molar-refractivity contribution in [1.29, 1.82) is 0 Å². The van der Waals surface area contributed by atoms with Gasteiger partial charge >= 0.3 is 0 Å². The maximum absolute atomic E-state index is 4.44. The van der Waals surface area contributed by atoms with Crippen molar-refractivity contribution in [3.63, 3.8) is 0 Å². The molecular weight excluding hydrogens is 262 g/mol. The molecule has 5 nitrogen and oxygen atoms in total. The molecule has 2 aromatic heterocycles. The highest BCUT2D eigenvalue weighted by molar-refractivity contribution is 5.52. The highest BCUT2D eigenvalue weighted by atomic mass is 15.2. The molecule has 3 rings (SSSR count). The number of hydrogen-bond donors (Lipinski definition) is 1. The summed E-state index contributed by atoms with van der Waals surface area (Å²) in [5, 5.41) is 3.51. The number of anilines is 1. The SMILES string of the molecule is CC(C)CNCc1cnccc1N1CCn2ccnc2C1. The van der Waals surface area contributed by atoms with Crippen molar-refractivity contribution in [3.05, 3.63) is 42.2 Å². The molecule has 0 fully saturated rings. The number of imidazole rings is 1. The van der Waals surface area contributed by atoms with Gasteiger partial charge in [-0.1, -0.05) is 13.8 Å². The van der Waals surface area contributed by atoms with Crippen molar-refractivity contribution in [2.75, 3.05) is 18.0 Å². The molecule has 1 aliphatic heterocycles. The minimum absolute atomic E-state index is 0.660.